The smallest absolute Gasteiger partial charge is 0.239 e. The number of nitrogens with one attached hydrogen (secondary N) is 1. The molecule has 2 heterocycles. The molecule has 1 aromatic heterocycles. The van der Waals surface area contributed by atoms with Crippen LogP contribution in [0.2, 0.25) is 0 Å². The fraction of sp³-hybridized carbons (Fsp3) is 0.353. The number of carbonyl (C=O) groups excluding carboxylic acids is 1. The Bertz CT molecular complexity index is 622. The quantitative estimate of drug-likeness (QED) is 0.941. The third kappa shape index (κ3) is 3.45. The SMILES string of the molecule is Cc1ccc2c(c1)CCCN2CC(=O)NCc1cccs1. The van der Waals surface area contributed by atoms with E-state index in [4.69, 9.17) is 0 Å². The van der Waals surface area contributed by atoms with E-state index in [1.165, 1.54) is 21.7 Å². The number of hydrogen-bond acceptors (Lipinski definition) is 3. The largest absolute Gasteiger partial charge is 0.362 e. The summed E-state index contributed by atoms with van der Waals surface area (Å²) in [5.41, 5.74) is 3.88. The number of rotatable bonds is 4. The summed E-state index contributed by atoms with van der Waals surface area (Å²) in [5, 5.41) is 5.04. The topological polar surface area (TPSA) is 32.3 Å². The Balaban J connectivity index is 1.62. The van der Waals surface area contributed by atoms with Crippen LogP contribution >= 0.6 is 11.3 Å². The van der Waals surface area contributed by atoms with Crippen molar-refractivity contribution in [2.75, 3.05) is 18.0 Å². The lowest BCUT2D eigenvalue weighted by atomic mass is 9.99. The summed E-state index contributed by atoms with van der Waals surface area (Å²) in [6.45, 7) is 4.15. The van der Waals surface area contributed by atoms with E-state index in [1.807, 2.05) is 17.5 Å². The highest BCUT2D eigenvalue weighted by Gasteiger charge is 2.18. The first-order chi connectivity index (χ1) is 10.2. The van der Waals surface area contributed by atoms with Gasteiger partial charge >= 0.3 is 0 Å². The minimum atomic E-state index is 0.0943. The van der Waals surface area contributed by atoms with Crippen LogP contribution in [0.4, 0.5) is 5.69 Å². The number of thiophene rings is 1. The lowest BCUT2D eigenvalue weighted by molar-refractivity contribution is -0.119. The maximum Gasteiger partial charge on any atom is 0.239 e. The van der Waals surface area contributed by atoms with Crippen molar-refractivity contribution in [3.05, 3.63) is 51.7 Å². The van der Waals surface area contributed by atoms with Crippen LogP contribution in [-0.2, 0) is 17.8 Å². The van der Waals surface area contributed by atoms with E-state index in [-0.39, 0.29) is 5.91 Å². The molecule has 1 aromatic carbocycles. The summed E-state index contributed by atoms with van der Waals surface area (Å²) < 4.78 is 0. The van der Waals surface area contributed by atoms with Gasteiger partial charge in [-0.3, -0.25) is 4.79 Å². The normalized spacial score (nSPS) is 13.9. The van der Waals surface area contributed by atoms with Crippen molar-refractivity contribution in [1.29, 1.82) is 0 Å². The summed E-state index contributed by atoms with van der Waals surface area (Å²) in [6.07, 6.45) is 2.24. The maximum absolute atomic E-state index is 12.1. The Labute approximate surface area is 129 Å². The Hall–Kier alpha value is -1.81. The number of fused-ring (bicyclic) bond motifs is 1. The van der Waals surface area contributed by atoms with Crippen LogP contribution in [0, 0.1) is 6.92 Å². The van der Waals surface area contributed by atoms with Crippen LogP contribution in [0.3, 0.4) is 0 Å². The molecular formula is C17H20N2OS. The van der Waals surface area contributed by atoms with Crippen LogP contribution < -0.4 is 10.2 Å². The highest BCUT2D eigenvalue weighted by atomic mass is 32.1. The number of anilines is 1. The summed E-state index contributed by atoms with van der Waals surface area (Å²) in [5.74, 6) is 0.0943. The Morgan fingerprint density at radius 3 is 3.10 bits per heavy atom. The second-order valence-electron chi connectivity index (χ2n) is 5.51. The zero-order chi connectivity index (χ0) is 14.7. The fourth-order valence-corrected chi connectivity index (χ4v) is 3.44. The van der Waals surface area contributed by atoms with Gasteiger partial charge in [0.2, 0.25) is 5.91 Å². The van der Waals surface area contributed by atoms with E-state index in [0.717, 1.165) is 19.4 Å². The molecule has 0 radical (unpaired) electrons. The number of amides is 1. The number of benzene rings is 1. The minimum absolute atomic E-state index is 0.0943. The van der Waals surface area contributed by atoms with Crippen LogP contribution in [-0.4, -0.2) is 19.0 Å². The molecule has 21 heavy (non-hydrogen) atoms. The first-order valence-corrected chi connectivity index (χ1v) is 8.24. The predicted molar refractivity (Wildman–Crippen MR) is 87.9 cm³/mol. The standard InChI is InChI=1S/C17H20N2OS/c1-13-6-7-16-14(10-13)4-2-8-19(16)12-17(20)18-11-15-5-3-9-21-15/h3,5-7,9-10H,2,4,8,11-12H2,1H3,(H,18,20). The molecule has 110 valence electrons. The molecule has 4 heteroatoms. The fourth-order valence-electron chi connectivity index (χ4n) is 2.80. The van der Waals surface area contributed by atoms with Gasteiger partial charge in [0, 0.05) is 17.1 Å². The molecule has 1 N–H and O–H groups in total. The second kappa shape index (κ2) is 6.31. The van der Waals surface area contributed by atoms with Crippen molar-refractivity contribution in [2.24, 2.45) is 0 Å². The Morgan fingerprint density at radius 2 is 2.29 bits per heavy atom. The molecule has 0 saturated carbocycles. The summed E-state index contributed by atoms with van der Waals surface area (Å²) in [6, 6.07) is 10.6. The van der Waals surface area contributed by atoms with E-state index in [0.29, 0.717) is 13.1 Å². The third-order valence-corrected chi connectivity index (χ3v) is 4.70. The lowest BCUT2D eigenvalue weighted by Crippen LogP contribution is -2.39. The molecule has 1 amide bonds. The van der Waals surface area contributed by atoms with Gasteiger partial charge in [-0.2, -0.15) is 0 Å². The Morgan fingerprint density at radius 1 is 1.38 bits per heavy atom. The van der Waals surface area contributed by atoms with E-state index in [1.54, 1.807) is 11.3 Å². The minimum Gasteiger partial charge on any atom is -0.362 e. The van der Waals surface area contributed by atoms with Crippen molar-refractivity contribution in [3.63, 3.8) is 0 Å². The summed E-state index contributed by atoms with van der Waals surface area (Å²) in [7, 11) is 0. The van der Waals surface area contributed by atoms with Gasteiger partial charge in [0.15, 0.2) is 0 Å². The molecule has 1 aliphatic rings. The molecule has 0 bridgehead atoms. The van der Waals surface area contributed by atoms with Gasteiger partial charge in [-0.15, -0.1) is 11.3 Å². The van der Waals surface area contributed by atoms with Crippen LogP contribution in [0.15, 0.2) is 35.7 Å². The zero-order valence-electron chi connectivity index (χ0n) is 12.3. The van der Waals surface area contributed by atoms with Gasteiger partial charge in [0.1, 0.15) is 0 Å². The summed E-state index contributed by atoms with van der Waals surface area (Å²) in [4.78, 5) is 15.5. The van der Waals surface area contributed by atoms with Crippen LogP contribution in [0.25, 0.3) is 0 Å². The van der Waals surface area contributed by atoms with E-state index < -0.39 is 0 Å². The molecule has 3 rings (SSSR count). The molecule has 0 spiro atoms. The van der Waals surface area contributed by atoms with Crippen LogP contribution in [0.5, 0.6) is 0 Å². The van der Waals surface area contributed by atoms with Gasteiger partial charge in [-0.25, -0.2) is 0 Å². The average molecular weight is 300 g/mol. The summed E-state index contributed by atoms with van der Waals surface area (Å²) >= 11 is 1.67. The first-order valence-electron chi connectivity index (χ1n) is 7.36. The molecule has 0 saturated heterocycles. The number of carbonyl (C=O) groups is 1. The van der Waals surface area contributed by atoms with Gasteiger partial charge in [-0.1, -0.05) is 23.8 Å². The molecule has 0 unspecified atom stereocenters. The maximum atomic E-state index is 12.1. The van der Waals surface area contributed by atoms with Crippen molar-refractivity contribution in [1.82, 2.24) is 5.32 Å². The average Bonchev–Trinajstić information content (AvgIpc) is 2.98. The van der Waals surface area contributed by atoms with Gasteiger partial charge in [0.05, 0.1) is 13.1 Å². The monoisotopic (exact) mass is 300 g/mol. The molecular weight excluding hydrogens is 280 g/mol. The van der Waals surface area contributed by atoms with Crippen molar-refractivity contribution >= 4 is 22.9 Å². The zero-order valence-corrected chi connectivity index (χ0v) is 13.1. The predicted octanol–water partition coefficient (Wildman–Crippen LogP) is 3.13. The second-order valence-corrected chi connectivity index (χ2v) is 6.55. The molecule has 2 aromatic rings. The third-order valence-electron chi connectivity index (χ3n) is 3.82. The highest BCUT2D eigenvalue weighted by Crippen LogP contribution is 2.27. The van der Waals surface area contributed by atoms with Gasteiger partial charge in [0.25, 0.3) is 0 Å². The molecule has 0 fully saturated rings. The highest BCUT2D eigenvalue weighted by molar-refractivity contribution is 7.09. The van der Waals surface area contributed by atoms with E-state index >= 15 is 0 Å². The van der Waals surface area contributed by atoms with Crippen molar-refractivity contribution in [3.8, 4) is 0 Å². The lowest BCUT2D eigenvalue weighted by Gasteiger charge is -2.31. The molecule has 0 atom stereocenters. The van der Waals surface area contributed by atoms with E-state index in [2.05, 4.69) is 35.3 Å². The van der Waals surface area contributed by atoms with Gasteiger partial charge in [-0.05, 0) is 42.8 Å². The van der Waals surface area contributed by atoms with Gasteiger partial charge < -0.3 is 10.2 Å². The van der Waals surface area contributed by atoms with E-state index in [9.17, 15) is 4.79 Å². The number of aryl methyl sites for hydroxylation is 2. The first kappa shape index (κ1) is 14.1. The van der Waals surface area contributed by atoms with Crippen LogP contribution in [0.1, 0.15) is 22.4 Å². The number of hydrogen-bond donors (Lipinski definition) is 1. The van der Waals surface area contributed by atoms with Crippen molar-refractivity contribution < 1.29 is 4.79 Å². The molecule has 3 nitrogen and oxygen atoms in total. The Kier molecular flexibility index (Phi) is 4.25. The molecule has 0 aliphatic carbocycles. The number of nitrogens with zero attached hydrogens (tertiary/aromatic N) is 1. The molecule has 1 aliphatic heterocycles. The van der Waals surface area contributed by atoms with Crippen molar-refractivity contribution in [2.45, 2.75) is 26.3 Å².